The fourth-order valence-corrected chi connectivity index (χ4v) is 2.98. The van der Waals surface area contributed by atoms with Crippen molar-refractivity contribution in [2.75, 3.05) is 18.6 Å². The standard InChI is InChI=1S/C14H12N4O3S2/c1-22-14-16-12(9-3-2-4-10(7-9)18(20)21)11(8-15)13(17-14)23-6-5-19/h2-4,7,19H,5-6H2,1H3. The number of thioether (sulfide) groups is 2. The lowest BCUT2D eigenvalue weighted by molar-refractivity contribution is -0.384. The molecule has 0 aliphatic rings. The number of aliphatic hydroxyl groups is 1. The fourth-order valence-electron chi connectivity index (χ4n) is 1.84. The van der Waals surface area contributed by atoms with Crippen LogP contribution in [0.2, 0.25) is 0 Å². The summed E-state index contributed by atoms with van der Waals surface area (Å²) in [5.41, 5.74) is 1.03. The quantitative estimate of drug-likeness (QED) is 0.279. The van der Waals surface area contributed by atoms with Crippen molar-refractivity contribution in [3.8, 4) is 17.3 Å². The number of aromatic nitrogens is 2. The van der Waals surface area contributed by atoms with Gasteiger partial charge in [0.2, 0.25) is 0 Å². The maximum atomic E-state index is 10.9. The Morgan fingerprint density at radius 2 is 2.22 bits per heavy atom. The molecule has 0 fully saturated rings. The molecule has 7 nitrogen and oxygen atoms in total. The van der Waals surface area contributed by atoms with Crippen LogP contribution in [0.1, 0.15) is 5.56 Å². The Balaban J connectivity index is 2.62. The minimum Gasteiger partial charge on any atom is -0.396 e. The number of aliphatic hydroxyl groups excluding tert-OH is 1. The Morgan fingerprint density at radius 3 is 2.83 bits per heavy atom. The summed E-state index contributed by atoms with van der Waals surface area (Å²) in [5, 5.41) is 30.3. The summed E-state index contributed by atoms with van der Waals surface area (Å²) < 4.78 is 0. The highest BCUT2D eigenvalue weighted by Gasteiger charge is 2.18. The van der Waals surface area contributed by atoms with Crippen molar-refractivity contribution >= 4 is 29.2 Å². The molecule has 118 valence electrons. The Bertz CT molecular complexity index is 777. The number of nitro groups is 1. The third-order valence-corrected chi connectivity index (χ3v) is 4.31. The lowest BCUT2D eigenvalue weighted by atomic mass is 10.1. The van der Waals surface area contributed by atoms with Crippen molar-refractivity contribution in [2.24, 2.45) is 0 Å². The molecule has 2 aromatic rings. The third kappa shape index (κ3) is 3.98. The number of benzene rings is 1. The van der Waals surface area contributed by atoms with Crippen molar-refractivity contribution in [2.45, 2.75) is 10.2 Å². The van der Waals surface area contributed by atoms with E-state index in [4.69, 9.17) is 5.11 Å². The Kier molecular flexibility index (Phi) is 5.92. The van der Waals surface area contributed by atoms with E-state index < -0.39 is 4.92 Å². The molecular formula is C14H12N4O3S2. The molecule has 0 saturated heterocycles. The van der Waals surface area contributed by atoms with Crippen LogP contribution in [0.3, 0.4) is 0 Å². The van der Waals surface area contributed by atoms with Gasteiger partial charge in [-0.1, -0.05) is 23.9 Å². The zero-order chi connectivity index (χ0) is 16.8. The van der Waals surface area contributed by atoms with Crippen molar-refractivity contribution in [1.29, 1.82) is 5.26 Å². The van der Waals surface area contributed by atoms with Crippen LogP contribution in [0.4, 0.5) is 5.69 Å². The molecule has 2 rings (SSSR count). The maximum absolute atomic E-state index is 10.9. The summed E-state index contributed by atoms with van der Waals surface area (Å²) in [4.78, 5) is 19.1. The molecule has 0 aliphatic carbocycles. The second-order valence-corrected chi connectivity index (χ2v) is 6.09. The van der Waals surface area contributed by atoms with Gasteiger partial charge in [-0.3, -0.25) is 10.1 Å². The number of nitriles is 1. The SMILES string of the molecule is CSc1nc(SCCO)c(C#N)c(-c2cccc([N+](=O)[O-])c2)n1. The molecule has 0 bridgehead atoms. The molecule has 0 radical (unpaired) electrons. The van der Waals surface area contributed by atoms with Gasteiger partial charge in [0.25, 0.3) is 5.69 Å². The van der Waals surface area contributed by atoms with E-state index in [-0.39, 0.29) is 17.9 Å². The van der Waals surface area contributed by atoms with E-state index in [0.29, 0.717) is 27.2 Å². The molecule has 1 aromatic carbocycles. The first-order valence-electron chi connectivity index (χ1n) is 6.45. The van der Waals surface area contributed by atoms with E-state index in [2.05, 4.69) is 16.0 Å². The van der Waals surface area contributed by atoms with E-state index in [1.807, 2.05) is 0 Å². The average Bonchev–Trinajstić information content (AvgIpc) is 2.58. The highest BCUT2D eigenvalue weighted by Crippen LogP contribution is 2.32. The van der Waals surface area contributed by atoms with Crippen molar-refractivity contribution < 1.29 is 10.0 Å². The van der Waals surface area contributed by atoms with Crippen LogP contribution in [-0.4, -0.2) is 38.6 Å². The lowest BCUT2D eigenvalue weighted by Gasteiger charge is -2.09. The normalized spacial score (nSPS) is 10.3. The molecule has 0 unspecified atom stereocenters. The van der Waals surface area contributed by atoms with Gasteiger partial charge < -0.3 is 5.11 Å². The van der Waals surface area contributed by atoms with E-state index in [1.54, 1.807) is 18.4 Å². The molecule has 23 heavy (non-hydrogen) atoms. The van der Waals surface area contributed by atoms with Crippen LogP contribution in [0.5, 0.6) is 0 Å². The summed E-state index contributed by atoms with van der Waals surface area (Å²) >= 11 is 2.56. The van der Waals surface area contributed by atoms with Gasteiger partial charge in [-0.05, 0) is 6.26 Å². The van der Waals surface area contributed by atoms with Crippen LogP contribution in [0.15, 0.2) is 34.4 Å². The number of hydrogen-bond donors (Lipinski definition) is 1. The summed E-state index contributed by atoms with van der Waals surface area (Å²) in [5.74, 6) is 0.397. The van der Waals surface area contributed by atoms with E-state index in [9.17, 15) is 15.4 Å². The van der Waals surface area contributed by atoms with Crippen LogP contribution >= 0.6 is 23.5 Å². The molecule has 1 N–H and O–H groups in total. The van der Waals surface area contributed by atoms with E-state index >= 15 is 0 Å². The maximum Gasteiger partial charge on any atom is 0.270 e. The second kappa shape index (κ2) is 7.92. The number of rotatable bonds is 6. The number of non-ortho nitro benzene ring substituents is 1. The van der Waals surface area contributed by atoms with Gasteiger partial charge in [-0.15, -0.1) is 11.8 Å². The first kappa shape index (κ1) is 17.2. The number of nitrogens with zero attached hydrogens (tertiary/aromatic N) is 4. The summed E-state index contributed by atoms with van der Waals surface area (Å²) in [6.45, 7) is -0.0414. The highest BCUT2D eigenvalue weighted by molar-refractivity contribution is 7.99. The van der Waals surface area contributed by atoms with Gasteiger partial charge in [0.05, 0.1) is 17.2 Å². The van der Waals surface area contributed by atoms with Gasteiger partial charge in [-0.25, -0.2) is 9.97 Å². The number of hydrogen-bond acceptors (Lipinski definition) is 8. The summed E-state index contributed by atoms with van der Waals surface area (Å²) in [6, 6.07) is 8.05. The molecule has 1 aromatic heterocycles. The second-order valence-electron chi connectivity index (χ2n) is 4.23. The van der Waals surface area contributed by atoms with Gasteiger partial charge in [0.1, 0.15) is 16.7 Å². The van der Waals surface area contributed by atoms with Crippen LogP contribution in [0, 0.1) is 21.4 Å². The predicted molar refractivity (Wildman–Crippen MR) is 88.4 cm³/mol. The first-order chi connectivity index (χ1) is 11.1. The zero-order valence-corrected chi connectivity index (χ0v) is 13.7. The minimum atomic E-state index is -0.492. The van der Waals surface area contributed by atoms with Crippen LogP contribution in [0.25, 0.3) is 11.3 Å². The summed E-state index contributed by atoms with van der Waals surface area (Å²) in [6.07, 6.45) is 1.80. The number of nitro benzene ring substituents is 1. The Labute approximate surface area is 140 Å². The molecule has 0 saturated carbocycles. The van der Waals surface area contributed by atoms with Crippen LogP contribution < -0.4 is 0 Å². The highest BCUT2D eigenvalue weighted by atomic mass is 32.2. The monoisotopic (exact) mass is 348 g/mol. The van der Waals surface area contributed by atoms with Crippen LogP contribution in [-0.2, 0) is 0 Å². The molecule has 0 spiro atoms. The molecule has 1 heterocycles. The third-order valence-electron chi connectivity index (χ3n) is 2.81. The Hall–Kier alpha value is -2.15. The van der Waals surface area contributed by atoms with Gasteiger partial charge in [0.15, 0.2) is 5.16 Å². The van der Waals surface area contributed by atoms with E-state index in [1.165, 1.54) is 35.7 Å². The van der Waals surface area contributed by atoms with Crippen molar-refractivity contribution in [1.82, 2.24) is 9.97 Å². The van der Waals surface area contributed by atoms with Gasteiger partial charge in [0, 0.05) is 23.4 Å². The average molecular weight is 348 g/mol. The van der Waals surface area contributed by atoms with Gasteiger partial charge in [-0.2, -0.15) is 5.26 Å². The smallest absolute Gasteiger partial charge is 0.270 e. The van der Waals surface area contributed by atoms with Crippen molar-refractivity contribution in [3.63, 3.8) is 0 Å². The molecule has 0 aliphatic heterocycles. The minimum absolute atomic E-state index is 0.0414. The molecular weight excluding hydrogens is 336 g/mol. The molecule has 9 heteroatoms. The topological polar surface area (TPSA) is 113 Å². The molecule has 0 amide bonds. The zero-order valence-electron chi connectivity index (χ0n) is 12.1. The molecule has 0 atom stereocenters. The summed E-state index contributed by atoms with van der Waals surface area (Å²) in [7, 11) is 0. The van der Waals surface area contributed by atoms with Crippen molar-refractivity contribution in [3.05, 3.63) is 39.9 Å². The fraction of sp³-hybridized carbons (Fsp3) is 0.214. The first-order valence-corrected chi connectivity index (χ1v) is 8.66. The van der Waals surface area contributed by atoms with E-state index in [0.717, 1.165) is 0 Å². The Morgan fingerprint density at radius 1 is 1.43 bits per heavy atom. The van der Waals surface area contributed by atoms with Gasteiger partial charge >= 0.3 is 0 Å². The lowest BCUT2D eigenvalue weighted by Crippen LogP contribution is -2.00. The predicted octanol–water partition coefficient (Wildman–Crippen LogP) is 2.73. The largest absolute Gasteiger partial charge is 0.396 e.